The molecule has 0 bridgehead atoms. The summed E-state index contributed by atoms with van der Waals surface area (Å²) in [6.45, 7) is 1.61. The van der Waals surface area contributed by atoms with E-state index in [-0.39, 0.29) is 5.82 Å². The van der Waals surface area contributed by atoms with Crippen LogP contribution in [-0.4, -0.2) is 5.11 Å². The van der Waals surface area contributed by atoms with Crippen LogP contribution >= 0.6 is 23.4 Å². The third-order valence-corrected chi connectivity index (χ3v) is 4.06. The molecule has 1 N–H and O–H groups in total. The summed E-state index contributed by atoms with van der Waals surface area (Å²) in [5, 5.41) is 9.98. The van der Waals surface area contributed by atoms with Crippen molar-refractivity contribution in [1.82, 2.24) is 0 Å². The van der Waals surface area contributed by atoms with Crippen LogP contribution < -0.4 is 0 Å². The van der Waals surface area contributed by atoms with E-state index in [2.05, 4.69) is 0 Å². The fraction of sp³-hybridized carbons (Fsp3) is 0.143. The Bertz CT molecular complexity index is 557. The zero-order chi connectivity index (χ0) is 13.1. The highest BCUT2D eigenvalue weighted by Gasteiger charge is 2.09. The van der Waals surface area contributed by atoms with Gasteiger partial charge >= 0.3 is 0 Å². The molecule has 18 heavy (non-hydrogen) atoms. The van der Waals surface area contributed by atoms with Crippen LogP contribution in [0.3, 0.4) is 0 Å². The first-order valence-corrected chi connectivity index (χ1v) is 6.67. The van der Waals surface area contributed by atoms with Gasteiger partial charge in [0.15, 0.2) is 0 Å². The summed E-state index contributed by atoms with van der Waals surface area (Å²) < 4.78 is 13.9. The Morgan fingerprint density at radius 1 is 1.17 bits per heavy atom. The topological polar surface area (TPSA) is 20.2 Å². The Hall–Kier alpha value is -1.03. The highest BCUT2D eigenvalue weighted by Crippen LogP contribution is 2.35. The molecule has 0 saturated carbocycles. The summed E-state index contributed by atoms with van der Waals surface area (Å²) in [7, 11) is 0. The van der Waals surface area contributed by atoms with Crippen LogP contribution in [0.25, 0.3) is 0 Å². The summed E-state index contributed by atoms with van der Waals surface area (Å²) in [5.74, 6) is -0.349. The number of benzene rings is 2. The third-order valence-electron chi connectivity index (χ3n) is 2.49. The van der Waals surface area contributed by atoms with Gasteiger partial charge in [-0.3, -0.25) is 0 Å². The number of hydrogen-bond acceptors (Lipinski definition) is 2. The molecule has 0 radical (unpaired) electrons. The summed E-state index contributed by atoms with van der Waals surface area (Å²) in [4.78, 5) is 1.30. The van der Waals surface area contributed by atoms with Gasteiger partial charge in [-0.15, -0.1) is 0 Å². The van der Waals surface area contributed by atoms with E-state index in [4.69, 9.17) is 11.6 Å². The summed E-state index contributed by atoms with van der Waals surface area (Å²) in [5.41, 5.74) is 0.566. The highest BCUT2D eigenvalue weighted by atomic mass is 35.5. The second kappa shape index (κ2) is 5.74. The Labute approximate surface area is 115 Å². The zero-order valence-electron chi connectivity index (χ0n) is 9.73. The molecular weight excluding hydrogens is 271 g/mol. The fourth-order valence-electron chi connectivity index (χ4n) is 1.51. The molecule has 2 aromatic carbocycles. The number of halogens is 2. The van der Waals surface area contributed by atoms with Crippen molar-refractivity contribution >= 4 is 23.4 Å². The summed E-state index contributed by atoms with van der Waals surface area (Å²) in [6.07, 6.45) is -0.668. The van der Waals surface area contributed by atoms with Crippen molar-refractivity contribution in [2.75, 3.05) is 0 Å². The number of hydrogen-bond donors (Lipinski definition) is 1. The molecule has 0 unspecified atom stereocenters. The lowest BCUT2D eigenvalue weighted by Gasteiger charge is -2.08. The standard InChI is InChI=1S/C14H12ClFOS/c1-9(17)10-6-7-14(12(16)8-10)18-13-5-3-2-4-11(13)15/h2-9,17H,1H3/t9-/m1/s1. The predicted molar refractivity (Wildman–Crippen MR) is 72.6 cm³/mol. The van der Waals surface area contributed by atoms with Crippen LogP contribution in [0.15, 0.2) is 52.3 Å². The van der Waals surface area contributed by atoms with E-state index < -0.39 is 6.10 Å². The van der Waals surface area contributed by atoms with Gasteiger partial charge in [0.05, 0.1) is 11.1 Å². The average Bonchev–Trinajstić information content (AvgIpc) is 2.34. The summed E-state index contributed by atoms with van der Waals surface area (Å²) in [6, 6.07) is 12.0. The van der Waals surface area contributed by atoms with Crippen LogP contribution in [0.1, 0.15) is 18.6 Å². The normalized spacial score (nSPS) is 12.4. The molecule has 0 saturated heterocycles. The van der Waals surface area contributed by atoms with E-state index >= 15 is 0 Å². The highest BCUT2D eigenvalue weighted by molar-refractivity contribution is 7.99. The van der Waals surface area contributed by atoms with E-state index in [1.807, 2.05) is 18.2 Å². The van der Waals surface area contributed by atoms with E-state index in [0.29, 0.717) is 15.5 Å². The van der Waals surface area contributed by atoms with E-state index in [9.17, 15) is 9.50 Å². The first-order chi connectivity index (χ1) is 8.58. The molecule has 2 rings (SSSR count). The molecule has 0 spiro atoms. The fourth-order valence-corrected chi connectivity index (χ4v) is 2.60. The first kappa shape index (κ1) is 13.4. The maximum atomic E-state index is 13.9. The monoisotopic (exact) mass is 282 g/mol. The van der Waals surface area contributed by atoms with Gasteiger partial charge in [-0.25, -0.2) is 4.39 Å². The molecule has 0 aliphatic carbocycles. The lowest BCUT2D eigenvalue weighted by atomic mass is 10.1. The van der Waals surface area contributed by atoms with Crippen LogP contribution in [0, 0.1) is 5.82 Å². The van der Waals surface area contributed by atoms with Gasteiger partial charge in [0.2, 0.25) is 0 Å². The Balaban J connectivity index is 2.28. The van der Waals surface area contributed by atoms with Gasteiger partial charge in [0.25, 0.3) is 0 Å². The van der Waals surface area contributed by atoms with Crippen molar-refractivity contribution in [3.63, 3.8) is 0 Å². The Morgan fingerprint density at radius 2 is 1.89 bits per heavy atom. The summed E-state index contributed by atoms with van der Waals surface area (Å²) >= 11 is 7.30. The molecule has 94 valence electrons. The second-order valence-corrected chi connectivity index (χ2v) is 5.39. The van der Waals surface area contributed by atoms with Gasteiger partial charge in [-0.2, -0.15) is 0 Å². The van der Waals surface area contributed by atoms with Crippen molar-refractivity contribution in [1.29, 1.82) is 0 Å². The van der Waals surface area contributed by atoms with Crippen molar-refractivity contribution in [2.24, 2.45) is 0 Å². The average molecular weight is 283 g/mol. The van der Waals surface area contributed by atoms with E-state index in [0.717, 1.165) is 4.90 Å². The van der Waals surface area contributed by atoms with E-state index in [1.54, 1.807) is 25.1 Å². The first-order valence-electron chi connectivity index (χ1n) is 5.48. The Kier molecular flexibility index (Phi) is 4.27. The second-order valence-electron chi connectivity index (χ2n) is 3.90. The lowest BCUT2D eigenvalue weighted by molar-refractivity contribution is 0.198. The molecule has 0 aliphatic rings. The largest absolute Gasteiger partial charge is 0.389 e. The molecule has 0 heterocycles. The van der Waals surface area contributed by atoms with Crippen LogP contribution in [0.5, 0.6) is 0 Å². The van der Waals surface area contributed by atoms with Crippen LogP contribution in [-0.2, 0) is 0 Å². The molecule has 1 atom stereocenters. The molecule has 2 aromatic rings. The quantitative estimate of drug-likeness (QED) is 0.882. The van der Waals surface area contributed by atoms with Crippen molar-refractivity contribution in [3.05, 3.63) is 58.9 Å². The number of aliphatic hydroxyl groups excluding tert-OH is 1. The van der Waals surface area contributed by atoms with Crippen molar-refractivity contribution in [2.45, 2.75) is 22.8 Å². The molecule has 0 aliphatic heterocycles. The van der Waals surface area contributed by atoms with Crippen LogP contribution in [0.4, 0.5) is 4.39 Å². The zero-order valence-corrected chi connectivity index (χ0v) is 11.3. The predicted octanol–water partition coefficient (Wildman–Crippen LogP) is 4.68. The molecule has 4 heteroatoms. The molecule has 0 fully saturated rings. The maximum Gasteiger partial charge on any atom is 0.137 e. The maximum absolute atomic E-state index is 13.9. The number of rotatable bonds is 3. The van der Waals surface area contributed by atoms with Gasteiger partial charge in [0, 0.05) is 9.79 Å². The van der Waals surface area contributed by atoms with Crippen molar-refractivity contribution < 1.29 is 9.50 Å². The minimum absolute atomic E-state index is 0.349. The lowest BCUT2D eigenvalue weighted by Crippen LogP contribution is -1.93. The Morgan fingerprint density at radius 3 is 2.50 bits per heavy atom. The van der Waals surface area contributed by atoms with E-state index in [1.165, 1.54) is 17.8 Å². The molecule has 0 amide bonds. The minimum Gasteiger partial charge on any atom is -0.389 e. The van der Waals surface area contributed by atoms with Gasteiger partial charge in [0.1, 0.15) is 5.82 Å². The van der Waals surface area contributed by atoms with Crippen molar-refractivity contribution in [3.8, 4) is 0 Å². The van der Waals surface area contributed by atoms with Crippen LogP contribution in [0.2, 0.25) is 5.02 Å². The van der Waals surface area contributed by atoms with Gasteiger partial charge in [-0.05, 0) is 36.8 Å². The third kappa shape index (κ3) is 3.05. The SMILES string of the molecule is C[C@@H](O)c1ccc(Sc2ccccc2Cl)c(F)c1. The molecular formula is C14H12ClFOS. The van der Waals surface area contributed by atoms with Gasteiger partial charge in [-0.1, -0.05) is 41.6 Å². The molecule has 0 aromatic heterocycles. The molecule has 1 nitrogen and oxygen atoms in total. The van der Waals surface area contributed by atoms with Gasteiger partial charge < -0.3 is 5.11 Å². The smallest absolute Gasteiger partial charge is 0.137 e. The minimum atomic E-state index is -0.668. The number of aliphatic hydroxyl groups is 1.